The van der Waals surface area contributed by atoms with Crippen molar-refractivity contribution in [3.8, 4) is 0 Å². The molecular formula is C14H26N2O5. The SMILES string of the molecule is CCCC(CC(=O)O)NC(=O)N(CCC)CC(=O)OCC. The Morgan fingerprint density at radius 2 is 1.86 bits per heavy atom. The summed E-state index contributed by atoms with van der Waals surface area (Å²) in [6.45, 7) is 6.07. The van der Waals surface area contributed by atoms with Gasteiger partial charge >= 0.3 is 18.0 Å². The van der Waals surface area contributed by atoms with E-state index in [-0.39, 0.29) is 19.6 Å². The average Bonchev–Trinajstić information content (AvgIpc) is 2.38. The van der Waals surface area contributed by atoms with Crippen molar-refractivity contribution in [2.45, 2.75) is 52.5 Å². The highest BCUT2D eigenvalue weighted by molar-refractivity contribution is 5.81. The van der Waals surface area contributed by atoms with Crippen LogP contribution in [0, 0.1) is 0 Å². The van der Waals surface area contributed by atoms with Crippen LogP contribution in [-0.4, -0.2) is 53.7 Å². The van der Waals surface area contributed by atoms with Crippen molar-refractivity contribution in [1.29, 1.82) is 0 Å². The Balaban J connectivity index is 4.61. The summed E-state index contributed by atoms with van der Waals surface area (Å²) >= 11 is 0. The van der Waals surface area contributed by atoms with Crippen molar-refractivity contribution >= 4 is 18.0 Å². The third kappa shape index (κ3) is 8.88. The summed E-state index contributed by atoms with van der Waals surface area (Å²) < 4.78 is 4.83. The van der Waals surface area contributed by atoms with Gasteiger partial charge in [-0.05, 0) is 19.8 Å². The Morgan fingerprint density at radius 1 is 1.19 bits per heavy atom. The van der Waals surface area contributed by atoms with Crippen LogP contribution in [0.2, 0.25) is 0 Å². The van der Waals surface area contributed by atoms with Gasteiger partial charge in [-0.3, -0.25) is 9.59 Å². The van der Waals surface area contributed by atoms with Crippen LogP contribution in [0.4, 0.5) is 4.79 Å². The number of carbonyl (C=O) groups is 3. The van der Waals surface area contributed by atoms with Gasteiger partial charge in [0.15, 0.2) is 0 Å². The molecule has 0 saturated heterocycles. The van der Waals surface area contributed by atoms with Gasteiger partial charge in [0.05, 0.1) is 13.0 Å². The molecule has 0 aromatic heterocycles. The molecule has 0 heterocycles. The highest BCUT2D eigenvalue weighted by Gasteiger charge is 2.21. The van der Waals surface area contributed by atoms with E-state index >= 15 is 0 Å². The first-order valence-corrected chi connectivity index (χ1v) is 7.37. The minimum absolute atomic E-state index is 0.126. The fourth-order valence-corrected chi connectivity index (χ4v) is 1.94. The van der Waals surface area contributed by atoms with Crippen LogP contribution in [-0.2, 0) is 14.3 Å². The minimum Gasteiger partial charge on any atom is -0.481 e. The fraction of sp³-hybridized carbons (Fsp3) is 0.786. The summed E-state index contributed by atoms with van der Waals surface area (Å²) in [6, 6.07) is -0.855. The zero-order chi connectivity index (χ0) is 16.3. The number of nitrogens with one attached hydrogen (secondary N) is 1. The summed E-state index contributed by atoms with van der Waals surface area (Å²) in [5.41, 5.74) is 0. The number of esters is 1. The number of carboxylic acid groups (broad SMARTS) is 1. The van der Waals surface area contributed by atoms with Crippen LogP contribution >= 0.6 is 0 Å². The van der Waals surface area contributed by atoms with E-state index in [0.717, 1.165) is 6.42 Å². The van der Waals surface area contributed by atoms with Gasteiger partial charge in [-0.15, -0.1) is 0 Å². The molecule has 122 valence electrons. The van der Waals surface area contributed by atoms with Crippen molar-refractivity contribution in [2.24, 2.45) is 0 Å². The van der Waals surface area contributed by atoms with Crippen molar-refractivity contribution in [3.63, 3.8) is 0 Å². The van der Waals surface area contributed by atoms with Crippen LogP contribution in [0.1, 0.15) is 46.5 Å². The van der Waals surface area contributed by atoms with Gasteiger partial charge in [-0.2, -0.15) is 0 Å². The lowest BCUT2D eigenvalue weighted by Crippen LogP contribution is -2.47. The maximum absolute atomic E-state index is 12.2. The van der Waals surface area contributed by atoms with Crippen molar-refractivity contribution < 1.29 is 24.2 Å². The number of carboxylic acids is 1. The zero-order valence-corrected chi connectivity index (χ0v) is 13.1. The van der Waals surface area contributed by atoms with Crippen molar-refractivity contribution in [3.05, 3.63) is 0 Å². The van der Waals surface area contributed by atoms with Crippen LogP contribution in [0.15, 0.2) is 0 Å². The van der Waals surface area contributed by atoms with Gasteiger partial charge < -0.3 is 20.1 Å². The second-order valence-electron chi connectivity index (χ2n) is 4.76. The predicted molar refractivity (Wildman–Crippen MR) is 78.0 cm³/mol. The molecular weight excluding hydrogens is 276 g/mol. The van der Waals surface area contributed by atoms with Gasteiger partial charge in [0.25, 0.3) is 0 Å². The molecule has 1 unspecified atom stereocenters. The molecule has 0 aliphatic carbocycles. The first-order valence-electron chi connectivity index (χ1n) is 7.37. The summed E-state index contributed by atoms with van der Waals surface area (Å²) in [6.07, 6.45) is 1.92. The molecule has 0 aliphatic heterocycles. The van der Waals surface area contributed by atoms with Gasteiger partial charge in [0, 0.05) is 12.6 Å². The lowest BCUT2D eigenvalue weighted by atomic mass is 10.1. The Hall–Kier alpha value is -1.79. The normalized spacial score (nSPS) is 11.6. The van der Waals surface area contributed by atoms with E-state index in [1.54, 1.807) is 6.92 Å². The third-order valence-corrected chi connectivity index (χ3v) is 2.79. The van der Waals surface area contributed by atoms with E-state index in [1.165, 1.54) is 4.90 Å². The molecule has 0 radical (unpaired) electrons. The van der Waals surface area contributed by atoms with E-state index in [1.807, 2.05) is 13.8 Å². The molecule has 0 spiro atoms. The number of hydrogen-bond donors (Lipinski definition) is 2. The fourth-order valence-electron chi connectivity index (χ4n) is 1.94. The molecule has 0 rings (SSSR count). The third-order valence-electron chi connectivity index (χ3n) is 2.79. The second-order valence-corrected chi connectivity index (χ2v) is 4.76. The van der Waals surface area contributed by atoms with E-state index in [9.17, 15) is 14.4 Å². The van der Waals surface area contributed by atoms with Gasteiger partial charge in [-0.25, -0.2) is 4.79 Å². The molecule has 21 heavy (non-hydrogen) atoms. The zero-order valence-electron chi connectivity index (χ0n) is 13.1. The highest BCUT2D eigenvalue weighted by atomic mass is 16.5. The number of aliphatic carboxylic acids is 1. The summed E-state index contributed by atoms with van der Waals surface area (Å²) in [4.78, 5) is 35.8. The maximum atomic E-state index is 12.2. The molecule has 0 saturated carbocycles. The second kappa shape index (κ2) is 10.9. The minimum atomic E-state index is -0.957. The molecule has 0 aromatic rings. The number of carbonyl (C=O) groups excluding carboxylic acids is 2. The topological polar surface area (TPSA) is 95.9 Å². The number of urea groups is 1. The molecule has 0 aliphatic rings. The number of hydrogen-bond acceptors (Lipinski definition) is 4. The Bertz CT molecular complexity index is 346. The van der Waals surface area contributed by atoms with Crippen LogP contribution < -0.4 is 5.32 Å². The number of rotatable bonds is 10. The Kier molecular flexibility index (Phi) is 10.0. The van der Waals surface area contributed by atoms with Gasteiger partial charge in [0.2, 0.25) is 0 Å². The first-order chi connectivity index (χ1) is 9.94. The smallest absolute Gasteiger partial charge is 0.325 e. The lowest BCUT2D eigenvalue weighted by Gasteiger charge is -2.25. The Labute approximate surface area is 125 Å². The van der Waals surface area contributed by atoms with Crippen LogP contribution in [0.5, 0.6) is 0 Å². The lowest BCUT2D eigenvalue weighted by molar-refractivity contribution is -0.144. The Morgan fingerprint density at radius 3 is 2.33 bits per heavy atom. The standard InChI is InChI=1S/C14H26N2O5/c1-4-7-11(9-12(17)18)15-14(20)16(8-5-2)10-13(19)21-6-3/h11H,4-10H2,1-3H3,(H,15,20)(H,17,18). The van der Waals surface area contributed by atoms with Crippen molar-refractivity contribution in [1.82, 2.24) is 10.2 Å². The molecule has 1 atom stereocenters. The monoisotopic (exact) mass is 302 g/mol. The highest BCUT2D eigenvalue weighted by Crippen LogP contribution is 2.04. The summed E-state index contributed by atoms with van der Waals surface area (Å²) in [7, 11) is 0. The van der Waals surface area contributed by atoms with E-state index < -0.39 is 24.0 Å². The molecule has 7 nitrogen and oxygen atoms in total. The van der Waals surface area contributed by atoms with Gasteiger partial charge in [-0.1, -0.05) is 20.3 Å². The number of ether oxygens (including phenoxy) is 1. The van der Waals surface area contributed by atoms with Crippen LogP contribution in [0.25, 0.3) is 0 Å². The maximum Gasteiger partial charge on any atom is 0.325 e. The number of amides is 2. The molecule has 2 amide bonds. The largest absolute Gasteiger partial charge is 0.481 e. The average molecular weight is 302 g/mol. The quantitative estimate of drug-likeness (QED) is 0.598. The van der Waals surface area contributed by atoms with E-state index in [4.69, 9.17) is 9.84 Å². The summed E-state index contributed by atoms with van der Waals surface area (Å²) in [5.74, 6) is -1.42. The van der Waals surface area contributed by atoms with Gasteiger partial charge in [0.1, 0.15) is 6.54 Å². The summed E-state index contributed by atoms with van der Waals surface area (Å²) in [5, 5.41) is 11.5. The molecule has 0 bridgehead atoms. The number of nitrogens with zero attached hydrogens (tertiary/aromatic N) is 1. The van der Waals surface area contributed by atoms with E-state index in [0.29, 0.717) is 19.4 Å². The van der Waals surface area contributed by atoms with Crippen molar-refractivity contribution in [2.75, 3.05) is 19.7 Å². The first kappa shape index (κ1) is 19.2. The van der Waals surface area contributed by atoms with E-state index in [2.05, 4.69) is 5.32 Å². The molecule has 2 N–H and O–H groups in total. The molecule has 7 heteroatoms. The van der Waals surface area contributed by atoms with Crippen LogP contribution in [0.3, 0.4) is 0 Å². The predicted octanol–water partition coefficient (Wildman–Crippen LogP) is 1.61. The molecule has 0 fully saturated rings. The molecule has 0 aromatic carbocycles.